The minimum atomic E-state index is -0.737. The number of carbonyl (C=O) groups excluding carboxylic acids is 2. The van der Waals surface area contributed by atoms with E-state index in [9.17, 15) is 14.4 Å². The molecule has 8 heteroatoms. The van der Waals surface area contributed by atoms with Crippen molar-refractivity contribution in [2.45, 2.75) is 6.54 Å². The second-order valence-electron chi connectivity index (χ2n) is 7.07. The van der Waals surface area contributed by atoms with E-state index in [0.29, 0.717) is 15.8 Å². The number of aromatic nitrogens is 1. The molecule has 0 aliphatic heterocycles. The Morgan fingerprint density at radius 3 is 2.59 bits per heavy atom. The van der Waals surface area contributed by atoms with Crippen molar-refractivity contribution >= 4 is 55.2 Å². The molecule has 32 heavy (non-hydrogen) atoms. The summed E-state index contributed by atoms with van der Waals surface area (Å²) in [4.78, 5) is 42.3. The largest absolute Gasteiger partial charge is 0.468 e. The zero-order valence-electron chi connectivity index (χ0n) is 16.9. The van der Waals surface area contributed by atoms with E-state index in [4.69, 9.17) is 9.15 Å². The Bertz CT molecular complexity index is 1660. The highest BCUT2D eigenvalue weighted by atomic mass is 32.1. The zero-order valence-corrected chi connectivity index (χ0v) is 17.7. The first-order chi connectivity index (χ1) is 15.6. The van der Waals surface area contributed by atoms with E-state index in [-0.39, 0.29) is 12.1 Å². The van der Waals surface area contributed by atoms with Crippen molar-refractivity contribution < 1.29 is 18.7 Å². The van der Waals surface area contributed by atoms with Gasteiger partial charge in [-0.2, -0.15) is 4.99 Å². The van der Waals surface area contributed by atoms with Crippen molar-refractivity contribution in [2.75, 3.05) is 7.11 Å². The first-order valence-corrected chi connectivity index (χ1v) is 10.6. The quantitative estimate of drug-likeness (QED) is 0.394. The van der Waals surface area contributed by atoms with Gasteiger partial charge in [0.2, 0.25) is 5.43 Å². The predicted octanol–water partition coefficient (Wildman–Crippen LogP) is 3.88. The van der Waals surface area contributed by atoms with Crippen molar-refractivity contribution in [3.05, 3.63) is 87.5 Å². The van der Waals surface area contributed by atoms with Crippen LogP contribution in [-0.2, 0) is 16.1 Å². The van der Waals surface area contributed by atoms with Crippen LogP contribution < -0.4 is 10.2 Å². The maximum atomic E-state index is 13.0. The Hall–Kier alpha value is -4.04. The highest BCUT2D eigenvalue weighted by Gasteiger charge is 2.17. The second-order valence-corrected chi connectivity index (χ2v) is 8.05. The lowest BCUT2D eigenvalue weighted by Crippen LogP contribution is -2.23. The van der Waals surface area contributed by atoms with Crippen molar-refractivity contribution in [2.24, 2.45) is 4.99 Å². The van der Waals surface area contributed by atoms with Gasteiger partial charge in [-0.05, 0) is 23.6 Å². The zero-order chi connectivity index (χ0) is 22.2. The van der Waals surface area contributed by atoms with Crippen LogP contribution in [0.1, 0.15) is 10.4 Å². The third kappa shape index (κ3) is 3.30. The van der Waals surface area contributed by atoms with Crippen molar-refractivity contribution in [1.29, 1.82) is 0 Å². The Kier molecular flexibility index (Phi) is 4.91. The van der Waals surface area contributed by atoms with E-state index in [1.165, 1.54) is 18.4 Å². The molecule has 0 unspecified atom stereocenters. The molecule has 0 bridgehead atoms. The molecule has 0 saturated heterocycles. The molecule has 0 radical (unpaired) electrons. The van der Waals surface area contributed by atoms with Crippen LogP contribution in [0.4, 0.5) is 0 Å². The average molecular weight is 444 g/mol. The molecule has 0 N–H and O–H groups in total. The van der Waals surface area contributed by atoms with Gasteiger partial charge in [-0.3, -0.25) is 14.4 Å². The standard InChI is InChI=1S/C24H16N2O5S/c1-30-20(27)12-26-18-11-10-14-6-2-3-7-15(14)22(18)32-24(26)25-23(29)17-13-31-19-9-5-4-8-16(19)21(17)28/h2-11,13H,12H2,1H3. The van der Waals surface area contributed by atoms with Crippen molar-refractivity contribution in [1.82, 2.24) is 4.57 Å². The number of hydrogen-bond donors (Lipinski definition) is 0. The Labute approximate surface area is 184 Å². The number of nitrogens with zero attached hydrogens (tertiary/aromatic N) is 2. The summed E-state index contributed by atoms with van der Waals surface area (Å²) >= 11 is 1.27. The number of thiazole rings is 1. The fourth-order valence-corrected chi connectivity index (χ4v) is 4.77. The topological polar surface area (TPSA) is 90.9 Å². The molecule has 5 aromatic rings. The van der Waals surface area contributed by atoms with Crippen molar-refractivity contribution in [3.8, 4) is 0 Å². The van der Waals surface area contributed by atoms with Crippen LogP contribution in [0.3, 0.4) is 0 Å². The molecular formula is C24H16N2O5S. The molecule has 2 aromatic heterocycles. The number of hydrogen-bond acceptors (Lipinski definition) is 6. The second kappa shape index (κ2) is 7.90. The number of amides is 1. The molecule has 0 aliphatic carbocycles. The minimum Gasteiger partial charge on any atom is -0.468 e. The van der Waals surface area contributed by atoms with Gasteiger partial charge in [0.15, 0.2) is 4.80 Å². The van der Waals surface area contributed by atoms with Gasteiger partial charge < -0.3 is 13.7 Å². The fourth-order valence-electron chi connectivity index (χ4n) is 3.60. The predicted molar refractivity (Wildman–Crippen MR) is 122 cm³/mol. The molecule has 158 valence electrons. The molecule has 0 fully saturated rings. The third-order valence-electron chi connectivity index (χ3n) is 5.20. The summed E-state index contributed by atoms with van der Waals surface area (Å²) in [6.45, 7) is -0.118. The summed E-state index contributed by atoms with van der Waals surface area (Å²) in [6, 6.07) is 18.4. The van der Waals surface area contributed by atoms with E-state index in [1.807, 2.05) is 36.4 Å². The fraction of sp³-hybridized carbons (Fsp3) is 0.0833. The van der Waals surface area contributed by atoms with Gasteiger partial charge in [0.1, 0.15) is 24.0 Å². The van der Waals surface area contributed by atoms with Crippen LogP contribution in [0.25, 0.3) is 32.0 Å². The van der Waals surface area contributed by atoms with Crippen LogP contribution in [0.2, 0.25) is 0 Å². The SMILES string of the molecule is COC(=O)Cn1c(=NC(=O)c2coc3ccccc3c2=O)sc2c3ccccc3ccc21. The number of benzene rings is 3. The minimum absolute atomic E-state index is 0.118. The van der Waals surface area contributed by atoms with E-state index in [0.717, 1.165) is 27.3 Å². The van der Waals surface area contributed by atoms with Gasteiger partial charge in [0.05, 0.1) is 22.7 Å². The lowest BCUT2D eigenvalue weighted by Gasteiger charge is -2.04. The summed E-state index contributed by atoms with van der Waals surface area (Å²) < 4.78 is 12.8. The molecule has 7 nitrogen and oxygen atoms in total. The Morgan fingerprint density at radius 2 is 1.78 bits per heavy atom. The van der Waals surface area contributed by atoms with Gasteiger partial charge in [-0.1, -0.05) is 53.8 Å². The van der Waals surface area contributed by atoms with Crippen LogP contribution in [0.15, 0.2) is 81.1 Å². The molecular weight excluding hydrogens is 428 g/mol. The van der Waals surface area contributed by atoms with Gasteiger partial charge >= 0.3 is 5.97 Å². The summed E-state index contributed by atoms with van der Waals surface area (Å²) in [5.41, 5.74) is 0.515. The Balaban J connectivity index is 1.73. The lowest BCUT2D eigenvalue weighted by molar-refractivity contribution is -0.141. The first-order valence-electron chi connectivity index (χ1n) is 9.74. The van der Waals surface area contributed by atoms with Crippen molar-refractivity contribution in [3.63, 3.8) is 0 Å². The normalized spacial score (nSPS) is 12.0. The van der Waals surface area contributed by atoms with Gasteiger partial charge in [-0.25, -0.2) is 0 Å². The number of methoxy groups -OCH3 is 1. The highest BCUT2D eigenvalue weighted by molar-refractivity contribution is 7.17. The summed E-state index contributed by atoms with van der Waals surface area (Å²) in [6.07, 6.45) is 1.13. The highest BCUT2D eigenvalue weighted by Crippen LogP contribution is 2.27. The van der Waals surface area contributed by atoms with Gasteiger partial charge in [0, 0.05) is 5.39 Å². The number of carbonyl (C=O) groups is 2. The number of ether oxygens (including phenoxy) is 1. The molecule has 0 atom stereocenters. The van der Waals surface area contributed by atoms with E-state index in [1.54, 1.807) is 28.8 Å². The summed E-state index contributed by atoms with van der Waals surface area (Å²) in [5.74, 6) is -1.21. The van der Waals surface area contributed by atoms with Crippen LogP contribution >= 0.6 is 11.3 Å². The average Bonchev–Trinajstić information content (AvgIpc) is 3.16. The molecule has 3 aromatic carbocycles. The number of rotatable bonds is 3. The lowest BCUT2D eigenvalue weighted by atomic mass is 10.1. The molecule has 0 spiro atoms. The van der Waals surface area contributed by atoms with Crippen LogP contribution in [0, 0.1) is 0 Å². The molecule has 2 heterocycles. The van der Waals surface area contributed by atoms with E-state index >= 15 is 0 Å². The molecule has 0 aliphatic rings. The van der Waals surface area contributed by atoms with Crippen LogP contribution in [-0.4, -0.2) is 23.6 Å². The molecule has 1 amide bonds. The molecule has 5 rings (SSSR count). The first kappa shape index (κ1) is 19.9. The van der Waals surface area contributed by atoms with Crippen LogP contribution in [0.5, 0.6) is 0 Å². The van der Waals surface area contributed by atoms with E-state index in [2.05, 4.69) is 4.99 Å². The number of esters is 1. The summed E-state index contributed by atoms with van der Waals surface area (Å²) in [5, 5.41) is 2.31. The van der Waals surface area contributed by atoms with E-state index < -0.39 is 17.3 Å². The smallest absolute Gasteiger partial charge is 0.325 e. The Morgan fingerprint density at radius 1 is 1.03 bits per heavy atom. The van der Waals surface area contributed by atoms with Gasteiger partial charge in [-0.15, -0.1) is 0 Å². The monoisotopic (exact) mass is 444 g/mol. The number of para-hydroxylation sites is 1. The maximum absolute atomic E-state index is 13.0. The number of fused-ring (bicyclic) bond motifs is 4. The maximum Gasteiger partial charge on any atom is 0.325 e. The molecule has 0 saturated carbocycles. The third-order valence-corrected chi connectivity index (χ3v) is 6.32. The summed E-state index contributed by atoms with van der Waals surface area (Å²) in [7, 11) is 1.30. The van der Waals surface area contributed by atoms with Gasteiger partial charge in [0.25, 0.3) is 5.91 Å².